The molecule has 1 rings (SSSR count). The van der Waals surface area contributed by atoms with Gasteiger partial charge in [-0.15, -0.1) is 0 Å². The van der Waals surface area contributed by atoms with Crippen LogP contribution in [0.2, 0.25) is 5.02 Å². The molecular formula is C7H4Cl2F2N2O. The Labute approximate surface area is 87.8 Å². The van der Waals surface area contributed by atoms with Crippen molar-refractivity contribution in [1.29, 1.82) is 0 Å². The summed E-state index contributed by atoms with van der Waals surface area (Å²) in [4.78, 5) is 14.1. The fourth-order valence-corrected chi connectivity index (χ4v) is 1.20. The van der Waals surface area contributed by atoms with Crippen molar-refractivity contribution in [2.24, 2.45) is 0 Å². The molecule has 0 fully saturated rings. The Balaban J connectivity index is 3.45. The summed E-state index contributed by atoms with van der Waals surface area (Å²) in [5.41, 5.74) is 3.59. The maximum absolute atomic E-state index is 12.4. The van der Waals surface area contributed by atoms with Crippen molar-refractivity contribution in [3.8, 4) is 0 Å². The third-order valence-electron chi connectivity index (χ3n) is 1.51. The van der Waals surface area contributed by atoms with Crippen LogP contribution in [0.3, 0.4) is 0 Å². The average molecular weight is 241 g/mol. The van der Waals surface area contributed by atoms with Gasteiger partial charge in [0.15, 0.2) is 0 Å². The highest BCUT2D eigenvalue weighted by atomic mass is 35.5. The third-order valence-corrected chi connectivity index (χ3v) is 1.99. The van der Waals surface area contributed by atoms with Gasteiger partial charge in [0.25, 0.3) is 11.7 Å². The first-order chi connectivity index (χ1) is 6.45. The minimum atomic E-state index is -2.95. The number of hydrogen-bond acceptors (Lipinski definition) is 3. The van der Waals surface area contributed by atoms with Crippen LogP contribution in [0.1, 0.15) is 22.5 Å². The number of alkyl halides is 2. The van der Waals surface area contributed by atoms with E-state index in [-0.39, 0.29) is 10.7 Å². The van der Waals surface area contributed by atoms with Crippen LogP contribution in [0.5, 0.6) is 0 Å². The highest BCUT2D eigenvalue weighted by Gasteiger charge is 2.23. The molecule has 0 atom stereocenters. The molecule has 0 spiro atoms. The number of nitrogens with two attached hydrogens (primary N) is 1. The van der Waals surface area contributed by atoms with Gasteiger partial charge in [0.05, 0.1) is 16.3 Å². The van der Waals surface area contributed by atoms with E-state index in [1.54, 1.807) is 0 Å². The monoisotopic (exact) mass is 240 g/mol. The molecule has 0 aromatic carbocycles. The Morgan fingerprint density at radius 2 is 2.14 bits per heavy atom. The lowest BCUT2D eigenvalue weighted by molar-refractivity contribution is 0.106. The molecule has 0 radical (unpaired) electrons. The molecule has 0 aliphatic rings. The molecule has 1 aromatic rings. The Morgan fingerprint density at radius 3 is 2.57 bits per heavy atom. The zero-order valence-electron chi connectivity index (χ0n) is 6.60. The number of nitrogens with zero attached hydrogens (tertiary/aromatic N) is 1. The van der Waals surface area contributed by atoms with E-state index in [1.165, 1.54) is 0 Å². The van der Waals surface area contributed by atoms with E-state index < -0.39 is 22.9 Å². The van der Waals surface area contributed by atoms with Crippen molar-refractivity contribution in [3.05, 3.63) is 22.5 Å². The molecule has 0 aliphatic carbocycles. The summed E-state index contributed by atoms with van der Waals surface area (Å²) in [6, 6.07) is 0. The van der Waals surface area contributed by atoms with E-state index >= 15 is 0 Å². The Morgan fingerprint density at radius 1 is 1.57 bits per heavy atom. The summed E-state index contributed by atoms with van der Waals surface area (Å²) in [6.07, 6.45) is -1.95. The van der Waals surface area contributed by atoms with Crippen molar-refractivity contribution < 1.29 is 13.6 Å². The average Bonchev–Trinajstić information content (AvgIpc) is 2.08. The van der Waals surface area contributed by atoms with Gasteiger partial charge in [-0.3, -0.25) is 4.79 Å². The molecule has 76 valence electrons. The fraction of sp³-hybridized carbons (Fsp3) is 0.143. The number of rotatable bonds is 2. The van der Waals surface area contributed by atoms with Crippen LogP contribution in [-0.2, 0) is 0 Å². The SMILES string of the molecule is Nc1c(Cl)cnc(C(=O)Cl)c1C(F)F. The smallest absolute Gasteiger partial charge is 0.271 e. The Hall–Kier alpha value is -0.940. The van der Waals surface area contributed by atoms with Crippen LogP contribution in [0.4, 0.5) is 14.5 Å². The van der Waals surface area contributed by atoms with Gasteiger partial charge in [0.2, 0.25) is 0 Å². The summed E-state index contributed by atoms with van der Waals surface area (Å²) >= 11 is 10.5. The summed E-state index contributed by atoms with van der Waals surface area (Å²) in [5.74, 6) is 0. The van der Waals surface area contributed by atoms with Crippen LogP contribution in [0, 0.1) is 0 Å². The number of aromatic nitrogens is 1. The van der Waals surface area contributed by atoms with Gasteiger partial charge in [-0.25, -0.2) is 13.8 Å². The van der Waals surface area contributed by atoms with Gasteiger partial charge in [0.1, 0.15) is 5.69 Å². The number of carbonyl (C=O) groups is 1. The molecule has 14 heavy (non-hydrogen) atoms. The molecule has 7 heteroatoms. The third kappa shape index (κ3) is 1.93. The van der Waals surface area contributed by atoms with Crippen molar-refractivity contribution in [3.63, 3.8) is 0 Å². The van der Waals surface area contributed by atoms with Crippen LogP contribution in [-0.4, -0.2) is 10.2 Å². The van der Waals surface area contributed by atoms with Gasteiger partial charge >= 0.3 is 0 Å². The van der Waals surface area contributed by atoms with E-state index in [4.69, 9.17) is 28.9 Å². The molecule has 1 aromatic heterocycles. The summed E-state index contributed by atoms with van der Waals surface area (Å²) in [6.45, 7) is 0. The highest BCUT2D eigenvalue weighted by Crippen LogP contribution is 2.32. The van der Waals surface area contributed by atoms with E-state index in [0.29, 0.717) is 0 Å². The van der Waals surface area contributed by atoms with Gasteiger partial charge in [0, 0.05) is 6.20 Å². The molecular weight excluding hydrogens is 237 g/mol. The number of anilines is 1. The normalized spacial score (nSPS) is 10.6. The maximum Gasteiger partial charge on any atom is 0.271 e. The van der Waals surface area contributed by atoms with Crippen molar-refractivity contribution in [2.45, 2.75) is 6.43 Å². The molecule has 0 unspecified atom stereocenters. The van der Waals surface area contributed by atoms with Crippen LogP contribution in [0.15, 0.2) is 6.20 Å². The largest absolute Gasteiger partial charge is 0.397 e. The minimum absolute atomic E-state index is 0.137. The zero-order valence-corrected chi connectivity index (χ0v) is 8.11. The van der Waals surface area contributed by atoms with Gasteiger partial charge < -0.3 is 5.73 Å². The topological polar surface area (TPSA) is 56.0 Å². The first-order valence-electron chi connectivity index (χ1n) is 3.37. The summed E-state index contributed by atoms with van der Waals surface area (Å²) in [5, 5.41) is -1.23. The van der Waals surface area contributed by atoms with Crippen LogP contribution < -0.4 is 5.73 Å². The molecule has 0 aliphatic heterocycles. The molecule has 0 amide bonds. The van der Waals surface area contributed by atoms with E-state index in [1.807, 2.05) is 0 Å². The number of nitrogen functional groups attached to an aromatic ring is 1. The first-order valence-corrected chi connectivity index (χ1v) is 4.12. The van der Waals surface area contributed by atoms with Crippen LogP contribution in [0.25, 0.3) is 0 Å². The fourth-order valence-electron chi connectivity index (χ4n) is 0.894. The highest BCUT2D eigenvalue weighted by molar-refractivity contribution is 6.67. The lowest BCUT2D eigenvalue weighted by Gasteiger charge is -2.08. The molecule has 2 N–H and O–H groups in total. The molecule has 1 heterocycles. The predicted molar refractivity (Wildman–Crippen MR) is 48.8 cm³/mol. The number of halogens is 4. The standard InChI is InChI=1S/C7H4Cl2F2N2O/c8-2-1-13-5(6(9)14)3(4(2)12)7(10)11/h1,7H,(H2,12,13). The lowest BCUT2D eigenvalue weighted by atomic mass is 10.1. The Kier molecular flexibility index (Phi) is 3.23. The maximum atomic E-state index is 12.4. The zero-order chi connectivity index (χ0) is 10.9. The molecule has 0 saturated carbocycles. The first kappa shape index (κ1) is 11.1. The molecule has 0 saturated heterocycles. The van der Waals surface area contributed by atoms with Crippen molar-refractivity contribution in [1.82, 2.24) is 4.98 Å². The summed E-state index contributed by atoms with van der Waals surface area (Å²) in [7, 11) is 0. The van der Waals surface area contributed by atoms with Gasteiger partial charge in [-0.1, -0.05) is 11.6 Å². The second-order valence-corrected chi connectivity index (χ2v) is 3.11. The second kappa shape index (κ2) is 4.06. The van der Waals surface area contributed by atoms with Gasteiger partial charge in [-0.2, -0.15) is 0 Å². The lowest BCUT2D eigenvalue weighted by Crippen LogP contribution is -2.06. The van der Waals surface area contributed by atoms with Crippen LogP contribution >= 0.6 is 23.2 Å². The quantitative estimate of drug-likeness (QED) is 0.809. The molecule has 0 bridgehead atoms. The minimum Gasteiger partial charge on any atom is -0.397 e. The predicted octanol–water partition coefficient (Wildman–Crippen LogP) is 2.63. The van der Waals surface area contributed by atoms with E-state index in [2.05, 4.69) is 4.98 Å². The molecule has 3 nitrogen and oxygen atoms in total. The number of pyridine rings is 1. The van der Waals surface area contributed by atoms with Gasteiger partial charge in [-0.05, 0) is 11.6 Å². The number of hydrogen-bond donors (Lipinski definition) is 1. The van der Waals surface area contributed by atoms with Crippen molar-refractivity contribution >= 4 is 34.1 Å². The summed E-state index contributed by atoms with van der Waals surface area (Å²) < 4.78 is 24.9. The van der Waals surface area contributed by atoms with Crippen molar-refractivity contribution in [2.75, 3.05) is 5.73 Å². The Bertz CT molecular complexity index is 384. The van der Waals surface area contributed by atoms with E-state index in [0.717, 1.165) is 6.20 Å². The van der Waals surface area contributed by atoms with E-state index in [9.17, 15) is 13.6 Å². The number of carbonyl (C=O) groups excluding carboxylic acids is 1. The second-order valence-electron chi connectivity index (χ2n) is 2.36.